The van der Waals surface area contributed by atoms with Crippen molar-refractivity contribution in [3.8, 4) is 5.69 Å². The van der Waals surface area contributed by atoms with Gasteiger partial charge in [0.25, 0.3) is 11.5 Å². The fourth-order valence-corrected chi connectivity index (χ4v) is 3.55. The molecule has 7 nitrogen and oxygen atoms in total. The smallest absolute Gasteiger partial charge is 0.276 e. The van der Waals surface area contributed by atoms with Crippen LogP contribution < -0.4 is 10.9 Å². The molecule has 0 unspecified atom stereocenters. The van der Waals surface area contributed by atoms with E-state index in [-0.39, 0.29) is 11.5 Å². The zero-order valence-corrected chi connectivity index (χ0v) is 14.9. The summed E-state index contributed by atoms with van der Waals surface area (Å²) in [6.07, 6.45) is 1.45. The molecule has 4 rings (SSSR count). The zero-order chi connectivity index (χ0) is 18.3. The van der Waals surface area contributed by atoms with Gasteiger partial charge in [0.2, 0.25) is 0 Å². The lowest BCUT2D eigenvalue weighted by atomic mass is 10.2. The van der Waals surface area contributed by atoms with E-state index in [1.54, 1.807) is 11.6 Å². The van der Waals surface area contributed by atoms with Crippen LogP contribution in [0.2, 0.25) is 0 Å². The van der Waals surface area contributed by atoms with Gasteiger partial charge in [-0.2, -0.15) is 4.52 Å². The predicted molar refractivity (Wildman–Crippen MR) is 100 cm³/mol. The number of rotatable bonds is 3. The van der Waals surface area contributed by atoms with E-state index in [0.29, 0.717) is 27.7 Å². The Balaban J connectivity index is 1.96. The molecule has 0 bridgehead atoms. The van der Waals surface area contributed by atoms with E-state index < -0.39 is 0 Å². The third kappa shape index (κ3) is 2.60. The number of amides is 1. The van der Waals surface area contributed by atoms with Gasteiger partial charge in [0.1, 0.15) is 5.69 Å². The summed E-state index contributed by atoms with van der Waals surface area (Å²) >= 11 is 1.35. The summed E-state index contributed by atoms with van der Waals surface area (Å²) in [7, 11) is 0. The lowest BCUT2D eigenvalue weighted by molar-refractivity contribution is 0.101. The van der Waals surface area contributed by atoms with Gasteiger partial charge >= 0.3 is 0 Å². The van der Waals surface area contributed by atoms with E-state index in [2.05, 4.69) is 15.3 Å². The number of carbonyl (C=O) groups is 1. The molecule has 0 spiro atoms. The van der Waals surface area contributed by atoms with Gasteiger partial charge in [0, 0.05) is 23.2 Å². The summed E-state index contributed by atoms with van der Waals surface area (Å²) < 4.78 is 3.00. The highest BCUT2D eigenvalue weighted by molar-refractivity contribution is 7.13. The Labute approximate surface area is 152 Å². The summed E-state index contributed by atoms with van der Waals surface area (Å²) in [6.45, 7) is 3.64. The molecule has 0 saturated heterocycles. The molecule has 26 heavy (non-hydrogen) atoms. The van der Waals surface area contributed by atoms with Crippen LogP contribution in [0.15, 0.2) is 52.8 Å². The normalized spacial score (nSPS) is 11.0. The van der Waals surface area contributed by atoms with E-state index in [1.807, 2.05) is 42.6 Å². The molecule has 8 heteroatoms. The molecule has 3 heterocycles. The SMILES string of the molecule is Cc1csc(NC(=O)c2c(C)c3nccc(=O)n3n2-c2ccccc2)n1. The maximum Gasteiger partial charge on any atom is 0.276 e. The zero-order valence-electron chi connectivity index (χ0n) is 14.1. The molecule has 0 fully saturated rings. The second kappa shape index (κ2) is 6.23. The molecular formula is C18H15N5O2S. The van der Waals surface area contributed by atoms with Gasteiger partial charge in [0.15, 0.2) is 10.8 Å². The molecule has 4 aromatic rings. The van der Waals surface area contributed by atoms with Crippen LogP contribution in [0.25, 0.3) is 11.3 Å². The van der Waals surface area contributed by atoms with Crippen LogP contribution in [-0.2, 0) is 0 Å². The highest BCUT2D eigenvalue weighted by Gasteiger charge is 2.23. The molecule has 0 aliphatic heterocycles. The lowest BCUT2D eigenvalue weighted by Gasteiger charge is -2.10. The number of aryl methyl sites for hydroxylation is 2. The molecule has 0 aliphatic carbocycles. The average molecular weight is 365 g/mol. The molecule has 1 N–H and O–H groups in total. The average Bonchev–Trinajstić information content (AvgIpc) is 3.17. The van der Waals surface area contributed by atoms with Gasteiger partial charge in [-0.3, -0.25) is 14.9 Å². The first kappa shape index (κ1) is 16.2. The van der Waals surface area contributed by atoms with Crippen molar-refractivity contribution >= 4 is 28.0 Å². The number of hydrogen-bond acceptors (Lipinski definition) is 5. The number of aromatic nitrogens is 4. The molecule has 130 valence electrons. The van der Waals surface area contributed by atoms with Crippen LogP contribution in [0, 0.1) is 13.8 Å². The van der Waals surface area contributed by atoms with Crippen molar-refractivity contribution in [2.45, 2.75) is 13.8 Å². The first-order chi connectivity index (χ1) is 12.6. The van der Waals surface area contributed by atoms with Gasteiger partial charge in [-0.15, -0.1) is 11.3 Å². The van der Waals surface area contributed by atoms with Crippen molar-refractivity contribution in [1.82, 2.24) is 19.2 Å². The van der Waals surface area contributed by atoms with Crippen LogP contribution in [0.3, 0.4) is 0 Å². The van der Waals surface area contributed by atoms with E-state index in [4.69, 9.17) is 0 Å². The third-order valence-electron chi connectivity index (χ3n) is 3.98. The summed E-state index contributed by atoms with van der Waals surface area (Å²) in [6, 6.07) is 10.6. The van der Waals surface area contributed by atoms with Crippen molar-refractivity contribution in [2.75, 3.05) is 5.32 Å². The molecule has 1 aromatic carbocycles. The minimum atomic E-state index is -0.342. The minimum Gasteiger partial charge on any atom is -0.296 e. The fraction of sp³-hybridized carbons (Fsp3) is 0.111. The van der Waals surface area contributed by atoms with E-state index >= 15 is 0 Å². The number of hydrogen-bond donors (Lipinski definition) is 1. The Bertz CT molecular complexity index is 1170. The first-order valence-electron chi connectivity index (χ1n) is 7.94. The first-order valence-corrected chi connectivity index (χ1v) is 8.82. The summed E-state index contributed by atoms with van der Waals surface area (Å²) in [5.74, 6) is -0.342. The Morgan fingerprint density at radius 1 is 1.15 bits per heavy atom. The van der Waals surface area contributed by atoms with Crippen LogP contribution in [-0.4, -0.2) is 25.1 Å². The number of anilines is 1. The van der Waals surface area contributed by atoms with E-state index in [1.165, 1.54) is 28.1 Å². The maximum absolute atomic E-state index is 13.0. The molecule has 0 atom stereocenters. The monoisotopic (exact) mass is 365 g/mol. The highest BCUT2D eigenvalue weighted by Crippen LogP contribution is 2.22. The predicted octanol–water partition coefficient (Wildman–Crippen LogP) is 2.81. The van der Waals surface area contributed by atoms with Gasteiger partial charge in [0.05, 0.1) is 11.4 Å². The van der Waals surface area contributed by atoms with Gasteiger partial charge in [-0.1, -0.05) is 18.2 Å². The summed E-state index contributed by atoms with van der Waals surface area (Å²) in [5.41, 5.74) is 2.69. The standard InChI is InChI=1S/C18H15N5O2S/c1-11-10-26-18(20-11)21-17(25)15-12(2)16-19-9-8-14(24)23(16)22(15)13-6-4-3-5-7-13/h3-10H,1-2H3,(H,20,21,25). The molecule has 0 radical (unpaired) electrons. The van der Waals surface area contributed by atoms with Crippen molar-refractivity contribution < 1.29 is 4.79 Å². The second-order valence-corrected chi connectivity index (χ2v) is 6.65. The summed E-state index contributed by atoms with van der Waals surface area (Å²) in [4.78, 5) is 34.1. The highest BCUT2D eigenvalue weighted by atomic mass is 32.1. The summed E-state index contributed by atoms with van der Waals surface area (Å²) in [5, 5.41) is 5.19. The Morgan fingerprint density at radius 2 is 1.92 bits per heavy atom. The van der Waals surface area contributed by atoms with Crippen molar-refractivity contribution in [3.63, 3.8) is 0 Å². The number of nitrogens with one attached hydrogen (secondary N) is 1. The number of thiazole rings is 1. The van der Waals surface area contributed by atoms with E-state index in [0.717, 1.165) is 5.69 Å². The third-order valence-corrected chi connectivity index (χ3v) is 4.86. The Morgan fingerprint density at radius 3 is 2.62 bits per heavy atom. The molecular weight excluding hydrogens is 350 g/mol. The molecule has 0 saturated carbocycles. The minimum absolute atomic E-state index is 0.258. The number of carbonyl (C=O) groups excluding carboxylic acids is 1. The topological polar surface area (TPSA) is 81.3 Å². The van der Waals surface area contributed by atoms with Crippen LogP contribution in [0.1, 0.15) is 21.7 Å². The van der Waals surface area contributed by atoms with Gasteiger partial charge < -0.3 is 0 Å². The van der Waals surface area contributed by atoms with Crippen molar-refractivity contribution in [2.24, 2.45) is 0 Å². The number of para-hydroxylation sites is 1. The van der Waals surface area contributed by atoms with Crippen LogP contribution >= 0.6 is 11.3 Å². The Kier molecular flexibility index (Phi) is 3.89. The largest absolute Gasteiger partial charge is 0.296 e. The fourth-order valence-electron chi connectivity index (χ4n) is 2.86. The van der Waals surface area contributed by atoms with Crippen LogP contribution in [0.4, 0.5) is 5.13 Å². The van der Waals surface area contributed by atoms with Gasteiger partial charge in [-0.05, 0) is 26.0 Å². The molecule has 0 aliphatic rings. The van der Waals surface area contributed by atoms with Crippen LogP contribution in [0.5, 0.6) is 0 Å². The Hall–Kier alpha value is -3.26. The van der Waals surface area contributed by atoms with Crippen molar-refractivity contribution in [3.05, 3.63) is 75.3 Å². The quantitative estimate of drug-likeness (QED) is 0.605. The molecule has 1 amide bonds. The number of benzene rings is 1. The maximum atomic E-state index is 13.0. The number of nitrogens with zero attached hydrogens (tertiary/aromatic N) is 4. The van der Waals surface area contributed by atoms with Crippen molar-refractivity contribution in [1.29, 1.82) is 0 Å². The number of fused-ring (bicyclic) bond motifs is 1. The van der Waals surface area contributed by atoms with E-state index in [9.17, 15) is 9.59 Å². The second-order valence-electron chi connectivity index (χ2n) is 5.79. The molecule has 3 aromatic heterocycles. The van der Waals surface area contributed by atoms with Gasteiger partial charge in [-0.25, -0.2) is 14.6 Å². The lowest BCUT2D eigenvalue weighted by Crippen LogP contribution is -2.24.